The normalized spacial score (nSPS) is 15.2. The first kappa shape index (κ1) is 16.4. The van der Waals surface area contributed by atoms with Gasteiger partial charge in [0.1, 0.15) is 5.54 Å². The lowest BCUT2D eigenvalue weighted by atomic mass is 9.97. The van der Waals surface area contributed by atoms with Crippen LogP contribution in [0.25, 0.3) is 0 Å². The van der Waals surface area contributed by atoms with Gasteiger partial charge < -0.3 is 9.84 Å². The summed E-state index contributed by atoms with van der Waals surface area (Å²) in [5.41, 5.74) is -0.897. The van der Waals surface area contributed by atoms with E-state index in [4.69, 9.17) is 4.74 Å². The average molecular weight is 245 g/mol. The third kappa shape index (κ3) is 7.34. The van der Waals surface area contributed by atoms with Gasteiger partial charge in [0.15, 0.2) is 0 Å². The highest BCUT2D eigenvalue weighted by molar-refractivity contribution is 5.78. The molecule has 0 aromatic carbocycles. The van der Waals surface area contributed by atoms with Gasteiger partial charge in [-0.05, 0) is 39.5 Å². The lowest BCUT2D eigenvalue weighted by Gasteiger charge is -2.28. The van der Waals surface area contributed by atoms with Crippen molar-refractivity contribution in [1.29, 1.82) is 0 Å². The number of nitrogens with one attached hydrogen (secondary N) is 1. The van der Waals surface area contributed by atoms with E-state index in [1.807, 2.05) is 13.8 Å². The molecule has 0 aromatic rings. The summed E-state index contributed by atoms with van der Waals surface area (Å²) in [5.74, 6) is -0.201. The van der Waals surface area contributed by atoms with Crippen LogP contribution in [-0.4, -0.2) is 35.9 Å². The zero-order valence-corrected chi connectivity index (χ0v) is 11.7. The number of rotatable bonds is 9. The van der Waals surface area contributed by atoms with Gasteiger partial charge in [-0.3, -0.25) is 10.1 Å². The molecule has 2 N–H and O–H groups in total. The Hall–Kier alpha value is -0.610. The fraction of sp³-hybridized carbons (Fsp3) is 0.923. The minimum absolute atomic E-state index is 0.145. The van der Waals surface area contributed by atoms with E-state index in [1.165, 1.54) is 0 Å². The van der Waals surface area contributed by atoms with E-state index in [2.05, 4.69) is 19.2 Å². The van der Waals surface area contributed by atoms with Gasteiger partial charge in [-0.25, -0.2) is 0 Å². The van der Waals surface area contributed by atoms with Crippen LogP contribution < -0.4 is 5.32 Å². The Labute approximate surface area is 105 Å². The highest BCUT2D eigenvalue weighted by Crippen LogP contribution is 2.12. The molecule has 1 unspecified atom stereocenters. The fourth-order valence-electron chi connectivity index (χ4n) is 1.58. The van der Waals surface area contributed by atoms with Crippen LogP contribution in [0.2, 0.25) is 0 Å². The van der Waals surface area contributed by atoms with Gasteiger partial charge in [-0.1, -0.05) is 13.8 Å². The average Bonchev–Trinajstić information content (AvgIpc) is 2.15. The summed E-state index contributed by atoms with van der Waals surface area (Å²) in [6, 6.07) is 0.145. The van der Waals surface area contributed by atoms with Crippen LogP contribution >= 0.6 is 0 Å². The standard InChI is InChI=1S/C13H27NO3/c1-10(2)6-8-17-9-7-13(5,12(15)16)14-11(3)4/h10-11,14H,6-9H2,1-5H3,(H,15,16). The maximum atomic E-state index is 11.2. The van der Waals surface area contributed by atoms with Gasteiger partial charge in [0, 0.05) is 19.3 Å². The Morgan fingerprint density at radius 1 is 1.29 bits per heavy atom. The van der Waals surface area contributed by atoms with Crippen molar-refractivity contribution in [3.63, 3.8) is 0 Å². The van der Waals surface area contributed by atoms with E-state index in [-0.39, 0.29) is 6.04 Å². The quantitative estimate of drug-likeness (QED) is 0.612. The van der Waals surface area contributed by atoms with Crippen molar-refractivity contribution >= 4 is 5.97 Å². The smallest absolute Gasteiger partial charge is 0.323 e. The molecule has 0 rings (SSSR count). The Morgan fingerprint density at radius 3 is 2.29 bits per heavy atom. The van der Waals surface area contributed by atoms with E-state index in [0.717, 1.165) is 6.42 Å². The van der Waals surface area contributed by atoms with E-state index in [1.54, 1.807) is 6.92 Å². The van der Waals surface area contributed by atoms with Gasteiger partial charge in [-0.2, -0.15) is 0 Å². The zero-order valence-electron chi connectivity index (χ0n) is 11.7. The van der Waals surface area contributed by atoms with Gasteiger partial charge in [0.25, 0.3) is 0 Å². The van der Waals surface area contributed by atoms with Gasteiger partial charge >= 0.3 is 5.97 Å². The summed E-state index contributed by atoms with van der Waals surface area (Å²) in [6.07, 6.45) is 1.50. The van der Waals surface area contributed by atoms with Crippen LogP contribution in [0.5, 0.6) is 0 Å². The van der Waals surface area contributed by atoms with Crippen LogP contribution in [0.3, 0.4) is 0 Å². The molecule has 1 atom stereocenters. The summed E-state index contributed by atoms with van der Waals surface area (Å²) in [7, 11) is 0. The molecular formula is C13H27NO3. The number of carbonyl (C=O) groups is 1. The van der Waals surface area contributed by atoms with Crippen LogP contribution in [-0.2, 0) is 9.53 Å². The van der Waals surface area contributed by atoms with Crippen LogP contribution in [0.15, 0.2) is 0 Å². The molecule has 0 aliphatic rings. The monoisotopic (exact) mass is 245 g/mol. The number of carboxylic acid groups (broad SMARTS) is 1. The van der Waals surface area contributed by atoms with Gasteiger partial charge in [0.2, 0.25) is 0 Å². The van der Waals surface area contributed by atoms with Crippen LogP contribution in [0.4, 0.5) is 0 Å². The van der Waals surface area contributed by atoms with Gasteiger partial charge in [-0.15, -0.1) is 0 Å². The van der Waals surface area contributed by atoms with Crippen LogP contribution in [0, 0.1) is 5.92 Å². The van der Waals surface area contributed by atoms with E-state index in [0.29, 0.717) is 25.6 Å². The molecule has 4 nitrogen and oxygen atoms in total. The van der Waals surface area contributed by atoms with Crippen molar-refractivity contribution in [2.75, 3.05) is 13.2 Å². The number of carboxylic acids is 1. The molecule has 4 heteroatoms. The summed E-state index contributed by atoms with van der Waals surface area (Å²) in [5, 5.41) is 12.3. The molecule has 0 amide bonds. The lowest BCUT2D eigenvalue weighted by Crippen LogP contribution is -2.53. The molecule has 102 valence electrons. The predicted octanol–water partition coefficient (Wildman–Crippen LogP) is 2.28. The SMILES string of the molecule is CC(C)CCOCCC(C)(NC(C)C)C(=O)O. The minimum atomic E-state index is -0.897. The predicted molar refractivity (Wildman–Crippen MR) is 69.2 cm³/mol. The maximum absolute atomic E-state index is 11.2. The summed E-state index contributed by atoms with van der Waals surface area (Å²) >= 11 is 0. The van der Waals surface area contributed by atoms with E-state index >= 15 is 0 Å². The molecule has 0 heterocycles. The van der Waals surface area contributed by atoms with E-state index in [9.17, 15) is 9.90 Å². The second kappa shape index (κ2) is 7.67. The van der Waals surface area contributed by atoms with Crippen molar-refractivity contribution in [2.45, 2.75) is 59.0 Å². The Bertz CT molecular complexity index is 229. The second-order valence-electron chi connectivity index (χ2n) is 5.48. The largest absolute Gasteiger partial charge is 0.480 e. The second-order valence-corrected chi connectivity index (χ2v) is 5.48. The Balaban J connectivity index is 3.97. The fourth-order valence-corrected chi connectivity index (χ4v) is 1.58. The first-order valence-corrected chi connectivity index (χ1v) is 6.36. The van der Waals surface area contributed by atoms with Crippen LogP contribution in [0.1, 0.15) is 47.5 Å². The molecule has 0 aliphatic heterocycles. The molecule has 0 aromatic heterocycles. The summed E-state index contributed by atoms with van der Waals surface area (Å²) in [6.45, 7) is 11.1. The first-order chi connectivity index (χ1) is 7.78. The molecule has 0 saturated carbocycles. The minimum Gasteiger partial charge on any atom is -0.480 e. The molecule has 0 bridgehead atoms. The molecule has 0 radical (unpaired) electrons. The van der Waals surface area contributed by atoms with Crippen molar-refractivity contribution in [3.05, 3.63) is 0 Å². The van der Waals surface area contributed by atoms with Gasteiger partial charge in [0.05, 0.1) is 0 Å². The van der Waals surface area contributed by atoms with Crippen molar-refractivity contribution in [2.24, 2.45) is 5.92 Å². The highest BCUT2D eigenvalue weighted by Gasteiger charge is 2.32. The molecule has 0 saturated heterocycles. The zero-order chi connectivity index (χ0) is 13.5. The third-order valence-electron chi connectivity index (χ3n) is 2.67. The Kier molecular flexibility index (Phi) is 7.39. The van der Waals surface area contributed by atoms with Crippen molar-refractivity contribution in [3.8, 4) is 0 Å². The van der Waals surface area contributed by atoms with Crippen molar-refractivity contribution in [1.82, 2.24) is 5.32 Å². The molecule has 0 spiro atoms. The number of hydrogen-bond acceptors (Lipinski definition) is 3. The van der Waals surface area contributed by atoms with Crippen molar-refractivity contribution < 1.29 is 14.6 Å². The topological polar surface area (TPSA) is 58.6 Å². The lowest BCUT2D eigenvalue weighted by molar-refractivity contribution is -0.145. The maximum Gasteiger partial charge on any atom is 0.323 e. The highest BCUT2D eigenvalue weighted by atomic mass is 16.5. The first-order valence-electron chi connectivity index (χ1n) is 6.36. The number of ether oxygens (including phenoxy) is 1. The summed E-state index contributed by atoms with van der Waals surface area (Å²) in [4.78, 5) is 11.2. The molecular weight excluding hydrogens is 218 g/mol. The molecule has 0 fully saturated rings. The molecule has 0 aliphatic carbocycles. The Morgan fingerprint density at radius 2 is 1.88 bits per heavy atom. The number of hydrogen-bond donors (Lipinski definition) is 2. The summed E-state index contributed by atoms with van der Waals surface area (Å²) < 4.78 is 5.47. The third-order valence-corrected chi connectivity index (χ3v) is 2.67. The molecule has 17 heavy (non-hydrogen) atoms. The number of aliphatic carboxylic acids is 1. The van der Waals surface area contributed by atoms with E-state index < -0.39 is 11.5 Å².